The fourth-order valence-corrected chi connectivity index (χ4v) is 2.07. The van der Waals surface area contributed by atoms with E-state index < -0.39 is 11.9 Å². The molecule has 1 unspecified atom stereocenters. The van der Waals surface area contributed by atoms with E-state index in [9.17, 15) is 9.18 Å². The molecule has 0 aliphatic carbocycles. The summed E-state index contributed by atoms with van der Waals surface area (Å²) in [6, 6.07) is 13.5. The van der Waals surface area contributed by atoms with Gasteiger partial charge in [0.2, 0.25) is 0 Å². The third kappa shape index (κ3) is 1.72. The Morgan fingerprint density at radius 3 is 2.56 bits per heavy atom. The average Bonchev–Trinajstić information content (AvgIpc) is 2.40. The van der Waals surface area contributed by atoms with Crippen molar-refractivity contribution in [2.24, 2.45) is 0 Å². The highest BCUT2D eigenvalue weighted by atomic mass is 19.1. The van der Waals surface area contributed by atoms with Crippen LogP contribution in [0.15, 0.2) is 48.5 Å². The lowest BCUT2D eigenvalue weighted by molar-refractivity contribution is -0.117. The van der Waals surface area contributed by atoms with Gasteiger partial charge in [-0.25, -0.2) is 4.39 Å². The van der Waals surface area contributed by atoms with Crippen molar-refractivity contribution in [2.75, 3.05) is 10.6 Å². The van der Waals surface area contributed by atoms with Crippen LogP contribution in [0, 0.1) is 5.82 Å². The van der Waals surface area contributed by atoms with Crippen LogP contribution in [0.25, 0.3) is 0 Å². The minimum atomic E-state index is -0.486. The Labute approximate surface area is 104 Å². The van der Waals surface area contributed by atoms with E-state index in [-0.39, 0.29) is 11.6 Å². The standard InChI is InChI=1S/C14H11FN2O/c15-10-7-4-8-11-13(10)17-14(18)12(16-11)9-5-2-1-3-6-9/h1-8,12,16H,(H,17,18). The van der Waals surface area contributed by atoms with Gasteiger partial charge in [-0.1, -0.05) is 36.4 Å². The van der Waals surface area contributed by atoms with Crippen molar-refractivity contribution in [3.8, 4) is 0 Å². The van der Waals surface area contributed by atoms with Crippen molar-refractivity contribution in [3.05, 3.63) is 59.9 Å². The number of nitrogens with one attached hydrogen (secondary N) is 2. The van der Waals surface area contributed by atoms with Crippen LogP contribution in [0.5, 0.6) is 0 Å². The van der Waals surface area contributed by atoms with Crippen LogP contribution in [0.4, 0.5) is 15.8 Å². The molecule has 1 aliphatic heterocycles. The highest BCUT2D eigenvalue weighted by molar-refractivity contribution is 6.03. The summed E-state index contributed by atoms with van der Waals surface area (Å²) >= 11 is 0. The molecule has 3 nitrogen and oxygen atoms in total. The molecule has 1 atom stereocenters. The van der Waals surface area contributed by atoms with Gasteiger partial charge in [0.05, 0.1) is 5.69 Å². The maximum atomic E-state index is 13.5. The SMILES string of the molecule is O=C1Nc2c(F)cccc2NC1c1ccccc1. The normalized spacial score (nSPS) is 17.6. The Morgan fingerprint density at radius 2 is 1.78 bits per heavy atom. The molecule has 18 heavy (non-hydrogen) atoms. The van der Waals surface area contributed by atoms with Crippen molar-refractivity contribution in [1.82, 2.24) is 0 Å². The Hall–Kier alpha value is -2.36. The summed E-state index contributed by atoms with van der Waals surface area (Å²) in [4.78, 5) is 12.0. The molecular weight excluding hydrogens is 231 g/mol. The van der Waals surface area contributed by atoms with Gasteiger partial charge in [-0.3, -0.25) is 4.79 Å². The Bertz CT molecular complexity index is 598. The third-order valence-corrected chi connectivity index (χ3v) is 2.96. The molecule has 4 heteroatoms. The monoisotopic (exact) mass is 242 g/mol. The molecule has 2 N–H and O–H groups in total. The Kier molecular flexibility index (Phi) is 2.48. The topological polar surface area (TPSA) is 41.1 Å². The van der Waals surface area contributed by atoms with Crippen LogP contribution in [-0.2, 0) is 4.79 Å². The van der Waals surface area contributed by atoms with Gasteiger partial charge in [0.25, 0.3) is 5.91 Å². The summed E-state index contributed by atoms with van der Waals surface area (Å²) in [5, 5.41) is 5.65. The van der Waals surface area contributed by atoms with Gasteiger partial charge >= 0.3 is 0 Å². The molecule has 2 aromatic rings. The Balaban J connectivity index is 2.00. The van der Waals surface area contributed by atoms with E-state index in [1.54, 1.807) is 12.1 Å². The van der Waals surface area contributed by atoms with Gasteiger partial charge in [-0.05, 0) is 17.7 Å². The number of amides is 1. The molecule has 0 spiro atoms. The summed E-state index contributed by atoms with van der Waals surface area (Å²) in [6.45, 7) is 0. The van der Waals surface area contributed by atoms with Crippen molar-refractivity contribution in [1.29, 1.82) is 0 Å². The number of carbonyl (C=O) groups is 1. The van der Waals surface area contributed by atoms with E-state index in [0.717, 1.165) is 5.56 Å². The number of hydrogen-bond donors (Lipinski definition) is 2. The highest BCUT2D eigenvalue weighted by Gasteiger charge is 2.28. The molecule has 2 aromatic carbocycles. The van der Waals surface area contributed by atoms with E-state index in [0.29, 0.717) is 5.69 Å². The van der Waals surface area contributed by atoms with Gasteiger partial charge in [-0.15, -0.1) is 0 Å². The zero-order chi connectivity index (χ0) is 12.5. The molecular formula is C14H11FN2O. The lowest BCUT2D eigenvalue weighted by Crippen LogP contribution is -2.32. The zero-order valence-corrected chi connectivity index (χ0v) is 9.48. The molecule has 0 saturated heterocycles. The van der Waals surface area contributed by atoms with Gasteiger partial charge in [0.1, 0.15) is 17.5 Å². The van der Waals surface area contributed by atoms with Crippen LogP contribution < -0.4 is 10.6 Å². The summed E-state index contributed by atoms with van der Waals surface area (Å²) in [7, 11) is 0. The quantitative estimate of drug-likeness (QED) is 0.807. The van der Waals surface area contributed by atoms with E-state index in [1.165, 1.54) is 6.07 Å². The van der Waals surface area contributed by atoms with E-state index in [4.69, 9.17) is 0 Å². The lowest BCUT2D eigenvalue weighted by Gasteiger charge is -2.27. The molecule has 0 fully saturated rings. The highest BCUT2D eigenvalue weighted by Crippen LogP contribution is 2.33. The molecule has 90 valence electrons. The van der Waals surface area contributed by atoms with Crippen LogP contribution in [0.2, 0.25) is 0 Å². The number of anilines is 2. The maximum Gasteiger partial charge on any atom is 0.251 e. The predicted molar refractivity (Wildman–Crippen MR) is 67.8 cm³/mol. The fourth-order valence-electron chi connectivity index (χ4n) is 2.07. The minimum Gasteiger partial charge on any atom is -0.368 e. The van der Waals surface area contributed by atoms with Crippen LogP contribution in [0.1, 0.15) is 11.6 Å². The molecule has 0 radical (unpaired) electrons. The first-order chi connectivity index (χ1) is 8.75. The van der Waals surface area contributed by atoms with Crippen LogP contribution in [0.3, 0.4) is 0 Å². The molecule has 3 rings (SSSR count). The van der Waals surface area contributed by atoms with Gasteiger partial charge in [0, 0.05) is 0 Å². The smallest absolute Gasteiger partial charge is 0.251 e. The number of carbonyl (C=O) groups excluding carboxylic acids is 1. The first-order valence-corrected chi connectivity index (χ1v) is 5.66. The lowest BCUT2D eigenvalue weighted by atomic mass is 10.0. The largest absolute Gasteiger partial charge is 0.368 e. The summed E-state index contributed by atoms with van der Waals surface area (Å²) < 4.78 is 13.5. The van der Waals surface area contributed by atoms with Crippen molar-refractivity contribution in [2.45, 2.75) is 6.04 Å². The maximum absolute atomic E-state index is 13.5. The van der Waals surface area contributed by atoms with E-state index in [1.807, 2.05) is 30.3 Å². The molecule has 1 amide bonds. The summed E-state index contributed by atoms with van der Waals surface area (Å²) in [5.41, 5.74) is 1.67. The number of benzene rings is 2. The van der Waals surface area contributed by atoms with Crippen LogP contribution in [-0.4, -0.2) is 5.91 Å². The van der Waals surface area contributed by atoms with Crippen molar-refractivity contribution < 1.29 is 9.18 Å². The predicted octanol–water partition coefficient (Wildman–Crippen LogP) is 2.93. The molecule has 0 bridgehead atoms. The molecule has 1 aliphatic rings. The first kappa shape index (κ1) is 10.8. The first-order valence-electron chi connectivity index (χ1n) is 5.66. The fraction of sp³-hybridized carbons (Fsp3) is 0.0714. The molecule has 1 heterocycles. The third-order valence-electron chi connectivity index (χ3n) is 2.96. The average molecular weight is 242 g/mol. The second kappa shape index (κ2) is 4.14. The van der Waals surface area contributed by atoms with E-state index >= 15 is 0 Å². The minimum absolute atomic E-state index is 0.217. The second-order valence-electron chi connectivity index (χ2n) is 4.14. The Morgan fingerprint density at radius 1 is 1.00 bits per heavy atom. The van der Waals surface area contributed by atoms with Crippen LogP contribution >= 0.6 is 0 Å². The van der Waals surface area contributed by atoms with Gasteiger partial charge < -0.3 is 10.6 Å². The van der Waals surface area contributed by atoms with Gasteiger partial charge in [-0.2, -0.15) is 0 Å². The molecule has 0 saturated carbocycles. The van der Waals surface area contributed by atoms with Gasteiger partial charge in [0.15, 0.2) is 0 Å². The van der Waals surface area contributed by atoms with E-state index in [2.05, 4.69) is 10.6 Å². The van der Waals surface area contributed by atoms with Crippen molar-refractivity contribution >= 4 is 17.3 Å². The van der Waals surface area contributed by atoms with Crippen molar-refractivity contribution in [3.63, 3.8) is 0 Å². The summed E-state index contributed by atoms with van der Waals surface area (Å²) in [5.74, 6) is -0.682. The number of para-hydroxylation sites is 1. The molecule has 0 aromatic heterocycles. The second-order valence-corrected chi connectivity index (χ2v) is 4.14. The summed E-state index contributed by atoms with van der Waals surface area (Å²) in [6.07, 6.45) is 0. The number of hydrogen-bond acceptors (Lipinski definition) is 2. The number of fused-ring (bicyclic) bond motifs is 1. The zero-order valence-electron chi connectivity index (χ0n) is 9.48. The number of halogens is 1. The number of rotatable bonds is 1.